The van der Waals surface area contributed by atoms with Crippen LogP contribution in [0.2, 0.25) is 0 Å². The standard InChI is InChI=1S/C14H28N2O/c1-2-16-9-7-13(8-10-16)15-11-12-5-3-4-6-14(12)17/h12-15,17H,2-11H2,1H3. The molecule has 100 valence electrons. The molecule has 2 fully saturated rings. The second-order valence-corrected chi connectivity index (χ2v) is 5.73. The summed E-state index contributed by atoms with van der Waals surface area (Å²) >= 11 is 0. The first-order valence-corrected chi connectivity index (χ1v) is 7.43. The Hall–Kier alpha value is -0.120. The minimum absolute atomic E-state index is 0.0491. The number of rotatable bonds is 4. The number of nitrogens with zero attached hydrogens (tertiary/aromatic N) is 1. The van der Waals surface area contributed by atoms with Crippen LogP contribution in [-0.2, 0) is 0 Å². The second kappa shape index (κ2) is 6.72. The lowest BCUT2D eigenvalue weighted by Crippen LogP contribution is -2.45. The van der Waals surface area contributed by atoms with Crippen molar-refractivity contribution in [3.8, 4) is 0 Å². The van der Waals surface area contributed by atoms with Gasteiger partial charge in [0.25, 0.3) is 0 Å². The van der Waals surface area contributed by atoms with Crippen molar-refractivity contribution in [1.82, 2.24) is 10.2 Å². The predicted octanol–water partition coefficient (Wildman–Crippen LogP) is 1.61. The molecule has 3 nitrogen and oxygen atoms in total. The first kappa shape index (κ1) is 13.3. The minimum Gasteiger partial charge on any atom is -0.393 e. The van der Waals surface area contributed by atoms with Crippen LogP contribution in [0.4, 0.5) is 0 Å². The van der Waals surface area contributed by atoms with Crippen LogP contribution >= 0.6 is 0 Å². The fraction of sp³-hybridized carbons (Fsp3) is 1.00. The zero-order valence-electron chi connectivity index (χ0n) is 11.2. The largest absolute Gasteiger partial charge is 0.393 e. The maximum absolute atomic E-state index is 9.93. The summed E-state index contributed by atoms with van der Waals surface area (Å²) in [5, 5.41) is 13.6. The number of hydrogen-bond acceptors (Lipinski definition) is 3. The van der Waals surface area contributed by atoms with E-state index in [2.05, 4.69) is 17.1 Å². The van der Waals surface area contributed by atoms with Gasteiger partial charge in [0.1, 0.15) is 0 Å². The zero-order chi connectivity index (χ0) is 12.1. The molecular weight excluding hydrogens is 212 g/mol. The van der Waals surface area contributed by atoms with Crippen LogP contribution in [0.5, 0.6) is 0 Å². The lowest BCUT2D eigenvalue weighted by molar-refractivity contribution is 0.0661. The van der Waals surface area contributed by atoms with E-state index in [1.165, 1.54) is 51.7 Å². The number of likely N-dealkylation sites (tertiary alicyclic amines) is 1. The molecule has 2 aliphatic rings. The van der Waals surface area contributed by atoms with Crippen LogP contribution in [0.1, 0.15) is 45.4 Å². The van der Waals surface area contributed by atoms with Crippen molar-refractivity contribution < 1.29 is 5.11 Å². The van der Waals surface area contributed by atoms with E-state index < -0.39 is 0 Å². The monoisotopic (exact) mass is 240 g/mol. The summed E-state index contributed by atoms with van der Waals surface area (Å²) in [6.07, 6.45) is 7.24. The van der Waals surface area contributed by atoms with Crippen molar-refractivity contribution in [1.29, 1.82) is 0 Å². The third-order valence-electron chi connectivity index (χ3n) is 4.57. The molecular formula is C14H28N2O. The third kappa shape index (κ3) is 3.94. The molecule has 0 spiro atoms. The Balaban J connectivity index is 1.65. The van der Waals surface area contributed by atoms with E-state index in [9.17, 15) is 5.11 Å². The van der Waals surface area contributed by atoms with E-state index in [1.54, 1.807) is 0 Å². The maximum atomic E-state index is 9.93. The number of hydrogen-bond donors (Lipinski definition) is 2. The summed E-state index contributed by atoms with van der Waals surface area (Å²) in [5.41, 5.74) is 0. The van der Waals surface area contributed by atoms with Gasteiger partial charge in [-0.25, -0.2) is 0 Å². The Morgan fingerprint density at radius 2 is 1.82 bits per heavy atom. The highest BCUT2D eigenvalue weighted by Crippen LogP contribution is 2.24. The van der Waals surface area contributed by atoms with Gasteiger partial charge in [0.2, 0.25) is 0 Å². The lowest BCUT2D eigenvalue weighted by atomic mass is 9.86. The quantitative estimate of drug-likeness (QED) is 0.784. The average molecular weight is 240 g/mol. The first-order valence-electron chi connectivity index (χ1n) is 7.43. The SMILES string of the molecule is CCN1CCC(NCC2CCCCC2O)CC1. The normalized spacial score (nSPS) is 32.8. The summed E-state index contributed by atoms with van der Waals surface area (Å²) in [6, 6.07) is 0.687. The van der Waals surface area contributed by atoms with Gasteiger partial charge in [-0.3, -0.25) is 0 Å². The van der Waals surface area contributed by atoms with Gasteiger partial charge in [0.05, 0.1) is 6.10 Å². The molecule has 17 heavy (non-hydrogen) atoms. The van der Waals surface area contributed by atoms with Crippen LogP contribution in [0.15, 0.2) is 0 Å². The second-order valence-electron chi connectivity index (χ2n) is 5.73. The topological polar surface area (TPSA) is 35.5 Å². The van der Waals surface area contributed by atoms with Crippen molar-refractivity contribution in [2.24, 2.45) is 5.92 Å². The highest BCUT2D eigenvalue weighted by molar-refractivity contribution is 4.81. The van der Waals surface area contributed by atoms with Crippen molar-refractivity contribution >= 4 is 0 Å². The molecule has 1 saturated carbocycles. The fourth-order valence-corrected chi connectivity index (χ4v) is 3.20. The van der Waals surface area contributed by atoms with Crippen LogP contribution in [-0.4, -0.2) is 48.3 Å². The fourth-order valence-electron chi connectivity index (χ4n) is 3.20. The molecule has 2 rings (SSSR count). The lowest BCUT2D eigenvalue weighted by Gasteiger charge is -2.34. The molecule has 0 aromatic heterocycles. The van der Waals surface area contributed by atoms with Crippen LogP contribution < -0.4 is 5.32 Å². The molecule has 0 bridgehead atoms. The summed E-state index contributed by atoms with van der Waals surface area (Å²) in [5.74, 6) is 0.507. The van der Waals surface area contributed by atoms with E-state index in [-0.39, 0.29) is 6.10 Å². The van der Waals surface area contributed by atoms with Gasteiger partial charge >= 0.3 is 0 Å². The Morgan fingerprint density at radius 3 is 2.47 bits per heavy atom. The highest BCUT2D eigenvalue weighted by Gasteiger charge is 2.24. The smallest absolute Gasteiger partial charge is 0.0580 e. The van der Waals surface area contributed by atoms with Crippen LogP contribution in [0.3, 0.4) is 0 Å². The molecule has 1 saturated heterocycles. The van der Waals surface area contributed by atoms with E-state index in [4.69, 9.17) is 0 Å². The summed E-state index contributed by atoms with van der Waals surface area (Å²) in [4.78, 5) is 2.52. The van der Waals surface area contributed by atoms with Crippen molar-refractivity contribution in [2.75, 3.05) is 26.2 Å². The molecule has 2 N–H and O–H groups in total. The Kier molecular flexibility index (Phi) is 5.26. The first-order chi connectivity index (χ1) is 8.29. The van der Waals surface area contributed by atoms with Gasteiger partial charge in [0, 0.05) is 12.6 Å². The molecule has 2 unspecified atom stereocenters. The minimum atomic E-state index is -0.0491. The summed E-state index contributed by atoms with van der Waals surface area (Å²) in [7, 11) is 0. The predicted molar refractivity (Wildman–Crippen MR) is 71.1 cm³/mol. The zero-order valence-corrected chi connectivity index (χ0v) is 11.2. The highest BCUT2D eigenvalue weighted by atomic mass is 16.3. The number of piperidine rings is 1. The van der Waals surface area contributed by atoms with Crippen molar-refractivity contribution in [3.63, 3.8) is 0 Å². The van der Waals surface area contributed by atoms with Gasteiger partial charge in [-0.05, 0) is 51.2 Å². The third-order valence-corrected chi connectivity index (χ3v) is 4.57. The van der Waals surface area contributed by atoms with Crippen molar-refractivity contribution in [2.45, 2.75) is 57.6 Å². The van der Waals surface area contributed by atoms with Gasteiger partial charge in [-0.1, -0.05) is 19.8 Å². The summed E-state index contributed by atoms with van der Waals surface area (Å²) in [6.45, 7) is 6.93. The molecule has 0 aromatic carbocycles. The van der Waals surface area contributed by atoms with Crippen molar-refractivity contribution in [3.05, 3.63) is 0 Å². The number of aliphatic hydroxyl groups excluding tert-OH is 1. The maximum Gasteiger partial charge on any atom is 0.0580 e. The molecule has 3 heteroatoms. The molecule has 1 aliphatic carbocycles. The van der Waals surface area contributed by atoms with Gasteiger partial charge < -0.3 is 15.3 Å². The average Bonchev–Trinajstić information content (AvgIpc) is 2.38. The van der Waals surface area contributed by atoms with E-state index in [0.29, 0.717) is 12.0 Å². The number of aliphatic hydroxyl groups is 1. The van der Waals surface area contributed by atoms with Gasteiger partial charge in [-0.2, -0.15) is 0 Å². The molecule has 1 aliphatic heterocycles. The van der Waals surface area contributed by atoms with Gasteiger partial charge in [0.15, 0.2) is 0 Å². The molecule has 2 atom stereocenters. The molecule has 0 aromatic rings. The molecule has 0 radical (unpaired) electrons. The Morgan fingerprint density at radius 1 is 1.12 bits per heavy atom. The molecule has 1 heterocycles. The number of nitrogens with one attached hydrogen (secondary N) is 1. The molecule has 0 amide bonds. The van der Waals surface area contributed by atoms with E-state index >= 15 is 0 Å². The van der Waals surface area contributed by atoms with E-state index in [1.807, 2.05) is 0 Å². The Bertz CT molecular complexity index is 214. The van der Waals surface area contributed by atoms with Crippen LogP contribution in [0, 0.1) is 5.92 Å². The van der Waals surface area contributed by atoms with E-state index in [0.717, 1.165) is 13.0 Å². The van der Waals surface area contributed by atoms with Crippen LogP contribution in [0.25, 0.3) is 0 Å². The summed E-state index contributed by atoms with van der Waals surface area (Å²) < 4.78 is 0. The Labute approximate surface area is 106 Å². The van der Waals surface area contributed by atoms with Gasteiger partial charge in [-0.15, -0.1) is 0 Å².